The molecule has 0 aliphatic carbocycles. The number of hydrogen-bond donors (Lipinski definition) is 3. The molecule has 1 fully saturated rings. The number of carbonyl (C=O) groups is 1. The summed E-state index contributed by atoms with van der Waals surface area (Å²) in [5.74, 6) is -0.280. The molecule has 10 heteroatoms. The van der Waals surface area contributed by atoms with Crippen molar-refractivity contribution in [2.24, 2.45) is 11.1 Å². The summed E-state index contributed by atoms with van der Waals surface area (Å²) in [6, 6.07) is 3.39. The van der Waals surface area contributed by atoms with Gasteiger partial charge in [0.1, 0.15) is 5.82 Å². The molecule has 1 atom stereocenters. The predicted molar refractivity (Wildman–Crippen MR) is 94.9 cm³/mol. The number of aromatic nitrogens is 2. The highest BCUT2D eigenvalue weighted by Gasteiger charge is 2.30. The number of methoxy groups -OCH3 is 1. The number of pyridine rings is 2. The number of hydrogen-bond acceptors (Lipinski definition) is 7. The van der Waals surface area contributed by atoms with Gasteiger partial charge in [-0.3, -0.25) is 9.88 Å². The molecule has 2 aromatic rings. The quantitative estimate of drug-likeness (QED) is 0.513. The summed E-state index contributed by atoms with van der Waals surface area (Å²) in [5, 5.41) is 23.4. The fourth-order valence-corrected chi connectivity index (χ4v) is 3.22. The summed E-state index contributed by atoms with van der Waals surface area (Å²) in [6.07, 6.45) is 0.426. The number of nitrogens with one attached hydrogen (secondary N) is 1. The molecule has 1 amide bonds. The molecule has 3 rings (SSSR count). The van der Waals surface area contributed by atoms with E-state index < -0.39 is 11.9 Å². The normalized spacial score (nSPS) is 18.9. The maximum atomic E-state index is 14.4. The van der Waals surface area contributed by atoms with Gasteiger partial charge in [0.2, 0.25) is 5.88 Å². The number of ether oxygens (including phenoxy) is 1. The third-order valence-corrected chi connectivity index (χ3v) is 4.59. The van der Waals surface area contributed by atoms with Gasteiger partial charge >= 0.3 is 6.09 Å². The molecule has 0 saturated carbocycles. The smallest absolute Gasteiger partial charge is 0.404 e. The van der Waals surface area contributed by atoms with E-state index in [1.807, 2.05) is 4.90 Å². The predicted octanol–water partition coefficient (Wildman–Crippen LogP) is 1.35. The molecule has 0 bridgehead atoms. The minimum Gasteiger partial charge on any atom is -0.481 e. The van der Waals surface area contributed by atoms with Crippen LogP contribution in [-0.4, -0.2) is 70.3 Å². The van der Waals surface area contributed by atoms with Crippen LogP contribution in [0.4, 0.5) is 9.18 Å². The van der Waals surface area contributed by atoms with Gasteiger partial charge in [-0.05, 0) is 12.5 Å². The fraction of sp³-hybridized carbons (Fsp3) is 0.412. The molecular weight excluding hydrogens is 357 g/mol. The summed E-state index contributed by atoms with van der Waals surface area (Å²) in [5.41, 5.74) is 1.97. The molecule has 3 heterocycles. The Hall–Kier alpha value is -3.01. The van der Waals surface area contributed by atoms with Crippen LogP contribution in [0, 0.1) is 11.7 Å². The number of nitrogens with zero attached hydrogens (tertiary/aromatic N) is 4. The van der Waals surface area contributed by atoms with Gasteiger partial charge in [0.25, 0.3) is 0 Å². The Labute approximate surface area is 154 Å². The second-order valence-corrected chi connectivity index (χ2v) is 6.27. The number of rotatable bonds is 6. The Bertz CT molecular complexity index is 876. The summed E-state index contributed by atoms with van der Waals surface area (Å²) < 4.78 is 19.5. The number of oxime groups is 1. The lowest BCUT2D eigenvalue weighted by Gasteiger charge is -2.16. The Morgan fingerprint density at radius 1 is 1.52 bits per heavy atom. The first-order valence-corrected chi connectivity index (χ1v) is 8.40. The van der Waals surface area contributed by atoms with E-state index in [4.69, 9.17) is 15.1 Å². The Kier molecular flexibility index (Phi) is 5.65. The van der Waals surface area contributed by atoms with Gasteiger partial charge in [-0.15, -0.1) is 0 Å². The first kappa shape index (κ1) is 18.8. The first-order chi connectivity index (χ1) is 13.0. The van der Waals surface area contributed by atoms with Gasteiger partial charge in [-0.2, -0.15) is 0 Å². The van der Waals surface area contributed by atoms with Crippen LogP contribution >= 0.6 is 0 Å². The van der Waals surface area contributed by atoms with Crippen molar-refractivity contribution in [3.05, 3.63) is 29.7 Å². The molecule has 0 radical (unpaired) electrons. The van der Waals surface area contributed by atoms with Crippen molar-refractivity contribution in [1.82, 2.24) is 20.2 Å². The molecule has 1 saturated heterocycles. The van der Waals surface area contributed by atoms with Crippen LogP contribution in [0.5, 0.6) is 5.88 Å². The zero-order valence-electron chi connectivity index (χ0n) is 14.7. The average molecular weight is 377 g/mol. The van der Waals surface area contributed by atoms with E-state index in [0.29, 0.717) is 54.2 Å². The maximum Gasteiger partial charge on any atom is 0.404 e. The molecule has 9 nitrogen and oxygen atoms in total. The van der Waals surface area contributed by atoms with E-state index in [0.717, 1.165) is 0 Å². The van der Waals surface area contributed by atoms with Crippen molar-refractivity contribution in [3.8, 4) is 5.88 Å². The number of carboxylic acid groups (broad SMARTS) is 1. The van der Waals surface area contributed by atoms with Gasteiger partial charge in [0, 0.05) is 43.7 Å². The zero-order valence-corrected chi connectivity index (χ0v) is 14.7. The molecule has 2 aromatic heterocycles. The summed E-state index contributed by atoms with van der Waals surface area (Å²) in [6.45, 7) is 1.57. The van der Waals surface area contributed by atoms with E-state index in [1.165, 1.54) is 13.3 Å². The maximum absolute atomic E-state index is 14.4. The van der Waals surface area contributed by atoms with Gasteiger partial charge < -0.3 is 20.4 Å². The molecule has 144 valence electrons. The lowest BCUT2D eigenvalue weighted by atomic mass is 10.1. The van der Waals surface area contributed by atoms with Gasteiger partial charge in [0.05, 0.1) is 30.1 Å². The van der Waals surface area contributed by atoms with Crippen molar-refractivity contribution < 1.29 is 24.2 Å². The Morgan fingerprint density at radius 3 is 3.04 bits per heavy atom. The molecule has 1 unspecified atom stereocenters. The highest BCUT2D eigenvalue weighted by atomic mass is 19.1. The van der Waals surface area contributed by atoms with Crippen LogP contribution in [0.25, 0.3) is 11.0 Å². The van der Waals surface area contributed by atoms with Crippen LogP contribution in [0.3, 0.4) is 0 Å². The lowest BCUT2D eigenvalue weighted by molar-refractivity contribution is 0.193. The largest absolute Gasteiger partial charge is 0.481 e. The monoisotopic (exact) mass is 377 g/mol. The van der Waals surface area contributed by atoms with Crippen LogP contribution < -0.4 is 10.1 Å². The number of halogens is 1. The van der Waals surface area contributed by atoms with Crippen LogP contribution in [0.1, 0.15) is 5.56 Å². The van der Waals surface area contributed by atoms with Gasteiger partial charge in [0.15, 0.2) is 0 Å². The molecule has 0 spiro atoms. The van der Waals surface area contributed by atoms with Crippen molar-refractivity contribution in [2.75, 3.05) is 33.3 Å². The molecule has 0 aromatic carbocycles. The van der Waals surface area contributed by atoms with Crippen molar-refractivity contribution in [1.29, 1.82) is 0 Å². The third kappa shape index (κ3) is 4.22. The summed E-state index contributed by atoms with van der Waals surface area (Å²) in [7, 11) is 1.49. The third-order valence-electron chi connectivity index (χ3n) is 4.59. The molecule has 1 aliphatic heterocycles. The topological polar surface area (TPSA) is 120 Å². The van der Waals surface area contributed by atoms with Crippen LogP contribution in [-0.2, 0) is 6.42 Å². The van der Waals surface area contributed by atoms with Gasteiger partial charge in [-0.1, -0.05) is 5.16 Å². The first-order valence-electron chi connectivity index (χ1n) is 8.40. The lowest BCUT2D eigenvalue weighted by Crippen LogP contribution is -2.32. The Balaban J connectivity index is 1.73. The summed E-state index contributed by atoms with van der Waals surface area (Å²) >= 11 is 0. The molecule has 3 N–H and O–H groups in total. The zero-order chi connectivity index (χ0) is 19.4. The highest BCUT2D eigenvalue weighted by Crippen LogP contribution is 2.22. The van der Waals surface area contributed by atoms with Crippen molar-refractivity contribution in [3.63, 3.8) is 0 Å². The van der Waals surface area contributed by atoms with E-state index in [2.05, 4.69) is 20.4 Å². The fourth-order valence-electron chi connectivity index (χ4n) is 3.22. The van der Waals surface area contributed by atoms with Crippen molar-refractivity contribution in [2.45, 2.75) is 6.42 Å². The number of fused-ring (bicyclic) bond motifs is 1. The van der Waals surface area contributed by atoms with E-state index in [9.17, 15) is 9.18 Å². The minimum absolute atomic E-state index is 0.163. The SMILES string of the molecule is COc1ccc2ncc(F)c(CCN3CC(=NO)C(CNC(=O)O)C3)c2n1. The second-order valence-electron chi connectivity index (χ2n) is 6.27. The molecule has 27 heavy (non-hydrogen) atoms. The van der Waals surface area contributed by atoms with Crippen LogP contribution in [0.15, 0.2) is 23.5 Å². The molecular formula is C17H20FN5O4. The minimum atomic E-state index is -1.13. The van der Waals surface area contributed by atoms with E-state index >= 15 is 0 Å². The second kappa shape index (κ2) is 8.12. The number of likely N-dealkylation sites (tertiary alicyclic amines) is 1. The molecule has 1 aliphatic rings. The highest BCUT2D eigenvalue weighted by molar-refractivity contribution is 5.90. The summed E-state index contributed by atoms with van der Waals surface area (Å²) in [4.78, 5) is 21.0. The standard InChI is InChI=1S/C17H20FN5O4/c1-27-15-3-2-13-16(21-15)11(12(18)7-19-13)4-5-23-8-10(6-20-17(24)25)14(9-23)22-26/h2-3,7,10,20,26H,4-6,8-9H2,1H3,(H,24,25). The number of amides is 1. The van der Waals surface area contributed by atoms with Crippen molar-refractivity contribution >= 4 is 22.8 Å². The Morgan fingerprint density at radius 2 is 2.33 bits per heavy atom. The van der Waals surface area contributed by atoms with E-state index in [1.54, 1.807) is 12.1 Å². The van der Waals surface area contributed by atoms with Gasteiger partial charge in [-0.25, -0.2) is 14.2 Å². The van der Waals surface area contributed by atoms with Crippen LogP contribution in [0.2, 0.25) is 0 Å². The average Bonchev–Trinajstić information content (AvgIpc) is 3.07. The van der Waals surface area contributed by atoms with E-state index in [-0.39, 0.29) is 12.5 Å².